The van der Waals surface area contributed by atoms with Gasteiger partial charge in [-0.1, -0.05) is 12.1 Å². The fraction of sp³-hybridized carbons (Fsp3) is 0.190. The highest BCUT2D eigenvalue weighted by molar-refractivity contribution is 6.05. The van der Waals surface area contributed by atoms with Crippen LogP contribution in [0.4, 0.5) is 0 Å². The molecule has 4 rings (SSSR count). The van der Waals surface area contributed by atoms with Crippen molar-refractivity contribution < 1.29 is 18.7 Å². The van der Waals surface area contributed by atoms with Crippen LogP contribution in [-0.2, 0) is 0 Å². The Bertz CT molecular complexity index is 1220. The van der Waals surface area contributed by atoms with Gasteiger partial charge in [0.25, 0.3) is 11.3 Å². The number of fused-ring (bicyclic) bond motifs is 2. The molecule has 0 radical (unpaired) electrons. The van der Waals surface area contributed by atoms with Crippen LogP contribution in [0, 0.1) is 30.9 Å². The number of hydrogen-bond donors (Lipinski definition) is 0. The monoisotopic (exact) mass is 378 g/mol. The van der Waals surface area contributed by atoms with Crippen LogP contribution >= 0.6 is 0 Å². The van der Waals surface area contributed by atoms with Crippen molar-refractivity contribution in [2.45, 2.75) is 20.8 Å². The maximum absolute atomic E-state index is 12.8. The van der Waals surface area contributed by atoms with Crippen molar-refractivity contribution in [3.63, 3.8) is 0 Å². The van der Waals surface area contributed by atoms with Crippen LogP contribution in [0.1, 0.15) is 32.9 Å². The van der Waals surface area contributed by atoms with Crippen molar-refractivity contribution in [2.75, 3.05) is 6.79 Å². The zero-order valence-corrected chi connectivity index (χ0v) is 15.7. The number of carbonyl (C=O) groups excluding carboxylic acids is 1. The Morgan fingerprint density at radius 3 is 2.61 bits per heavy atom. The van der Waals surface area contributed by atoms with E-state index >= 15 is 0 Å². The van der Waals surface area contributed by atoms with Crippen molar-refractivity contribution >= 4 is 22.9 Å². The largest absolute Gasteiger partial charge is 0.805 e. The van der Waals surface area contributed by atoms with Gasteiger partial charge in [-0.3, -0.25) is 4.79 Å². The van der Waals surface area contributed by atoms with Gasteiger partial charge in [-0.15, -0.1) is 0 Å². The maximum atomic E-state index is 12.8. The van der Waals surface area contributed by atoms with Crippen LogP contribution < -0.4 is 13.9 Å². The van der Waals surface area contributed by atoms with Gasteiger partial charge in [0.05, 0.1) is 10.1 Å². The van der Waals surface area contributed by atoms with E-state index < -0.39 is 5.78 Å². The topological polar surface area (TPSA) is 86.5 Å². The Morgan fingerprint density at radius 1 is 1.11 bits per heavy atom. The van der Waals surface area contributed by atoms with Crippen molar-refractivity contribution in [1.82, 2.24) is 4.73 Å². The molecule has 0 spiro atoms. The minimum absolute atomic E-state index is 0.0612. The van der Waals surface area contributed by atoms with Crippen molar-refractivity contribution in [3.05, 3.63) is 74.6 Å². The lowest BCUT2D eigenvalue weighted by molar-refractivity contribution is -0.468. The second-order valence-electron chi connectivity index (χ2n) is 6.76. The molecule has 0 unspecified atom stereocenters. The third kappa shape index (κ3) is 2.81. The molecule has 2 aromatic carbocycles. The van der Waals surface area contributed by atoms with E-state index in [4.69, 9.17) is 9.47 Å². The first kappa shape index (κ1) is 17.8. The van der Waals surface area contributed by atoms with E-state index in [-0.39, 0.29) is 29.2 Å². The van der Waals surface area contributed by atoms with Gasteiger partial charge < -0.3 is 19.4 Å². The van der Waals surface area contributed by atoms with Gasteiger partial charge in [0.15, 0.2) is 11.5 Å². The number of aromatic nitrogens is 2. The van der Waals surface area contributed by atoms with E-state index in [2.05, 4.69) is 0 Å². The zero-order chi connectivity index (χ0) is 20.0. The Kier molecular flexibility index (Phi) is 4.15. The number of ether oxygens (including phenoxy) is 2. The number of aryl methyl sites for hydroxylation is 2. The number of allylic oxidation sites excluding steroid dienone is 1. The first-order valence-corrected chi connectivity index (χ1v) is 8.75. The fourth-order valence-corrected chi connectivity index (χ4v) is 3.20. The number of nitrogens with zero attached hydrogens (tertiary/aromatic N) is 2. The summed E-state index contributed by atoms with van der Waals surface area (Å²) in [6.07, 6.45) is 2.85. The summed E-state index contributed by atoms with van der Waals surface area (Å²) in [4.78, 5) is 25.6. The molecule has 7 heteroatoms. The van der Waals surface area contributed by atoms with Crippen LogP contribution in [0.5, 0.6) is 11.5 Å². The molecule has 0 saturated carbocycles. The SMILES string of the molecule is Cc1cc2c(cc1C)[n+](=O)c(C(=O)/C=C\c1ccc3c(c1)OCO3)c(C)n2[O-]. The molecule has 2 heterocycles. The Morgan fingerprint density at radius 2 is 1.82 bits per heavy atom. The van der Waals surface area contributed by atoms with Crippen LogP contribution in [-0.4, -0.2) is 17.3 Å². The summed E-state index contributed by atoms with van der Waals surface area (Å²) in [7, 11) is 0. The normalized spacial score (nSPS) is 12.8. The Labute approximate surface area is 160 Å². The molecule has 1 aliphatic heterocycles. The molecule has 1 aromatic heterocycles. The van der Waals surface area contributed by atoms with E-state index in [1.54, 1.807) is 36.4 Å². The van der Waals surface area contributed by atoms with E-state index in [9.17, 15) is 14.9 Å². The quantitative estimate of drug-likeness (QED) is 0.396. The number of carbonyl (C=O) groups is 1. The van der Waals surface area contributed by atoms with E-state index in [0.29, 0.717) is 20.7 Å². The number of hydrogen-bond acceptors (Lipinski definition) is 5. The van der Waals surface area contributed by atoms with E-state index in [0.717, 1.165) is 16.7 Å². The lowest BCUT2D eigenvalue weighted by Gasteiger charge is -2.16. The van der Waals surface area contributed by atoms with Crippen molar-refractivity contribution in [2.24, 2.45) is 0 Å². The third-order valence-electron chi connectivity index (χ3n) is 4.94. The van der Waals surface area contributed by atoms with Crippen LogP contribution in [0.3, 0.4) is 0 Å². The average Bonchev–Trinajstić information content (AvgIpc) is 3.14. The minimum Gasteiger partial charge on any atom is -0.805 e. The van der Waals surface area contributed by atoms with Crippen LogP contribution in [0.15, 0.2) is 36.4 Å². The highest BCUT2D eigenvalue weighted by atomic mass is 16.7. The lowest BCUT2D eigenvalue weighted by Crippen LogP contribution is -2.30. The lowest BCUT2D eigenvalue weighted by atomic mass is 10.1. The van der Waals surface area contributed by atoms with Gasteiger partial charge >= 0.3 is 5.69 Å². The first-order valence-electron chi connectivity index (χ1n) is 8.75. The summed E-state index contributed by atoms with van der Waals surface area (Å²) in [5.74, 6) is 0.692. The standard InChI is InChI=1S/C21H18N2O5/c1-12-8-16-17(9-13(12)2)23(26)21(14(3)22(16)25)18(24)6-4-15-5-7-19-20(10-15)28-11-27-19/h4-10H,11H2,1-3H3/b6-4-. The molecule has 0 atom stereocenters. The molecule has 7 nitrogen and oxygen atoms in total. The summed E-state index contributed by atoms with van der Waals surface area (Å²) < 4.78 is 11.7. The molecule has 1 aliphatic rings. The van der Waals surface area contributed by atoms with E-state index in [1.165, 1.54) is 13.0 Å². The maximum Gasteiger partial charge on any atom is 0.329 e. The minimum atomic E-state index is -0.546. The van der Waals surface area contributed by atoms with Gasteiger partial charge in [0.1, 0.15) is 5.52 Å². The molecule has 0 amide bonds. The first-order chi connectivity index (χ1) is 13.4. The van der Waals surface area contributed by atoms with Crippen molar-refractivity contribution in [3.8, 4) is 11.5 Å². The molecule has 3 aromatic rings. The molecule has 0 saturated heterocycles. The molecule has 0 aliphatic carbocycles. The second kappa shape index (κ2) is 6.53. The molecule has 0 fully saturated rings. The summed E-state index contributed by atoms with van der Waals surface area (Å²) in [5.41, 5.74) is 2.77. The summed E-state index contributed by atoms with van der Waals surface area (Å²) in [6, 6.07) is 8.55. The third-order valence-corrected chi connectivity index (χ3v) is 4.94. The molecular weight excluding hydrogens is 360 g/mol. The average molecular weight is 378 g/mol. The highest BCUT2D eigenvalue weighted by Gasteiger charge is 2.25. The molecule has 0 bridgehead atoms. The number of benzene rings is 2. The molecule has 0 N–H and O–H groups in total. The van der Waals surface area contributed by atoms with Gasteiger partial charge in [-0.05, 0) is 61.7 Å². The highest BCUT2D eigenvalue weighted by Crippen LogP contribution is 2.32. The molecule has 28 heavy (non-hydrogen) atoms. The predicted molar refractivity (Wildman–Crippen MR) is 104 cm³/mol. The Hall–Kier alpha value is -3.61. The fourth-order valence-electron chi connectivity index (χ4n) is 3.20. The number of rotatable bonds is 3. The van der Waals surface area contributed by atoms with Crippen molar-refractivity contribution in [1.29, 1.82) is 0 Å². The van der Waals surface area contributed by atoms with Crippen LogP contribution in [0.25, 0.3) is 17.1 Å². The summed E-state index contributed by atoms with van der Waals surface area (Å²) >= 11 is 0. The summed E-state index contributed by atoms with van der Waals surface area (Å²) in [6.45, 7) is 5.35. The van der Waals surface area contributed by atoms with Gasteiger partial charge in [-0.25, -0.2) is 0 Å². The second-order valence-corrected chi connectivity index (χ2v) is 6.76. The van der Waals surface area contributed by atoms with Gasteiger partial charge in [-0.2, -0.15) is 0 Å². The summed E-state index contributed by atoms with van der Waals surface area (Å²) in [5, 5.41) is 12.6. The molecular formula is C21H18N2O5. The van der Waals surface area contributed by atoms with Gasteiger partial charge in [0.2, 0.25) is 6.79 Å². The predicted octanol–water partition coefficient (Wildman–Crippen LogP) is 3.45. The Balaban J connectivity index is 1.77. The van der Waals surface area contributed by atoms with E-state index in [1.807, 2.05) is 13.8 Å². The smallest absolute Gasteiger partial charge is 0.329 e. The zero-order valence-electron chi connectivity index (χ0n) is 15.7. The number of ketones is 1. The van der Waals surface area contributed by atoms with Gasteiger partial charge in [0, 0.05) is 11.0 Å². The van der Waals surface area contributed by atoms with Crippen LogP contribution in [0.2, 0.25) is 0 Å². The molecule has 142 valence electrons.